The van der Waals surface area contributed by atoms with Gasteiger partial charge in [0.2, 0.25) is 11.8 Å². The first-order valence-corrected chi connectivity index (χ1v) is 13.0. The average molecular weight is 531 g/mol. The minimum atomic E-state index is -0.188. The molecule has 9 nitrogen and oxygen atoms in total. The van der Waals surface area contributed by atoms with E-state index < -0.39 is 0 Å². The monoisotopic (exact) mass is 530 g/mol. The molecule has 0 radical (unpaired) electrons. The molecule has 3 aromatic heterocycles. The maximum absolute atomic E-state index is 6.50. The van der Waals surface area contributed by atoms with E-state index >= 15 is 0 Å². The number of aryl methyl sites for hydroxylation is 1. The van der Waals surface area contributed by atoms with Crippen LogP contribution in [0.25, 0.3) is 11.3 Å². The molecule has 7 rings (SSSR count). The van der Waals surface area contributed by atoms with Gasteiger partial charge >= 0.3 is 0 Å². The summed E-state index contributed by atoms with van der Waals surface area (Å²) in [7, 11) is 3.25. The van der Waals surface area contributed by atoms with Crippen LogP contribution in [0.3, 0.4) is 0 Å². The van der Waals surface area contributed by atoms with E-state index in [9.17, 15) is 0 Å². The summed E-state index contributed by atoms with van der Waals surface area (Å²) in [5, 5.41) is 9.66. The lowest BCUT2D eigenvalue weighted by Gasteiger charge is -2.26. The predicted octanol–water partition coefficient (Wildman–Crippen LogP) is 5.51. The lowest BCUT2D eigenvalue weighted by atomic mass is 9.84. The molecule has 0 bridgehead atoms. The molecule has 1 unspecified atom stereocenters. The maximum Gasteiger partial charge on any atom is 0.230 e. The molecule has 0 amide bonds. The number of aromatic nitrogens is 6. The van der Waals surface area contributed by atoms with Crippen molar-refractivity contribution in [2.45, 2.75) is 19.3 Å². The summed E-state index contributed by atoms with van der Waals surface area (Å²) in [6, 6.07) is 26.2. The SMILES string of the molecule is COc1ccc(Cc2nc3c4c(ncn3n2)Oc2c(c(C)nn2-c2ccccc2)C4c2ccccc2)cc1OC. The Morgan fingerprint density at radius 2 is 1.60 bits per heavy atom. The van der Waals surface area contributed by atoms with Gasteiger partial charge in [0.15, 0.2) is 23.0 Å². The summed E-state index contributed by atoms with van der Waals surface area (Å²) in [4.78, 5) is 9.69. The maximum atomic E-state index is 6.50. The molecule has 0 fully saturated rings. The smallest absolute Gasteiger partial charge is 0.230 e. The Kier molecular flexibility index (Phi) is 5.70. The first kappa shape index (κ1) is 23.9. The highest BCUT2D eigenvalue weighted by molar-refractivity contribution is 5.66. The Hall–Kier alpha value is -5.18. The zero-order valence-electron chi connectivity index (χ0n) is 22.3. The van der Waals surface area contributed by atoms with Gasteiger partial charge < -0.3 is 14.2 Å². The third-order valence-corrected chi connectivity index (χ3v) is 7.21. The third kappa shape index (κ3) is 3.86. The molecule has 0 aliphatic carbocycles. The molecule has 1 atom stereocenters. The molecule has 9 heteroatoms. The van der Waals surface area contributed by atoms with Crippen molar-refractivity contribution in [3.8, 4) is 28.9 Å². The van der Waals surface area contributed by atoms with Gasteiger partial charge in [-0.15, -0.1) is 5.10 Å². The number of benzene rings is 3. The van der Waals surface area contributed by atoms with Crippen molar-refractivity contribution in [2.24, 2.45) is 0 Å². The molecular weight excluding hydrogens is 504 g/mol. The van der Waals surface area contributed by atoms with E-state index in [1.54, 1.807) is 25.1 Å². The number of methoxy groups -OCH3 is 2. The van der Waals surface area contributed by atoms with E-state index in [4.69, 9.17) is 34.4 Å². The second-order valence-corrected chi connectivity index (χ2v) is 9.62. The van der Waals surface area contributed by atoms with E-state index in [-0.39, 0.29) is 5.92 Å². The first-order chi connectivity index (χ1) is 19.6. The van der Waals surface area contributed by atoms with E-state index in [0.29, 0.717) is 41.2 Å². The molecule has 40 heavy (non-hydrogen) atoms. The molecule has 4 heterocycles. The van der Waals surface area contributed by atoms with Crippen LogP contribution in [0.1, 0.15) is 39.7 Å². The topological polar surface area (TPSA) is 88.6 Å². The number of fused-ring (bicyclic) bond motifs is 4. The van der Waals surface area contributed by atoms with Crippen LogP contribution < -0.4 is 14.2 Å². The van der Waals surface area contributed by atoms with E-state index in [2.05, 4.69) is 12.1 Å². The van der Waals surface area contributed by atoms with Crippen LogP contribution in [-0.2, 0) is 6.42 Å². The van der Waals surface area contributed by atoms with Crippen molar-refractivity contribution in [1.29, 1.82) is 0 Å². The quantitative estimate of drug-likeness (QED) is 0.280. The highest BCUT2D eigenvalue weighted by Gasteiger charge is 2.38. The molecule has 0 saturated heterocycles. The van der Waals surface area contributed by atoms with Gasteiger partial charge in [-0.1, -0.05) is 54.6 Å². The molecule has 3 aromatic carbocycles. The molecule has 198 valence electrons. The van der Waals surface area contributed by atoms with Crippen LogP contribution in [0.4, 0.5) is 0 Å². The predicted molar refractivity (Wildman–Crippen MR) is 149 cm³/mol. The Balaban J connectivity index is 1.38. The van der Waals surface area contributed by atoms with Crippen LogP contribution in [0.5, 0.6) is 23.3 Å². The fraction of sp³-hybridized carbons (Fsp3) is 0.161. The molecule has 0 saturated carbocycles. The van der Waals surface area contributed by atoms with Crippen LogP contribution in [-0.4, -0.2) is 43.6 Å². The highest BCUT2D eigenvalue weighted by atomic mass is 16.5. The van der Waals surface area contributed by atoms with Gasteiger partial charge in [0.25, 0.3) is 0 Å². The van der Waals surface area contributed by atoms with Gasteiger partial charge in [0, 0.05) is 6.42 Å². The Morgan fingerprint density at radius 1 is 0.850 bits per heavy atom. The largest absolute Gasteiger partial charge is 0.493 e. The van der Waals surface area contributed by atoms with Gasteiger partial charge in [-0.2, -0.15) is 5.10 Å². The fourth-order valence-electron chi connectivity index (χ4n) is 5.39. The minimum Gasteiger partial charge on any atom is -0.493 e. The second kappa shape index (κ2) is 9.53. The lowest BCUT2D eigenvalue weighted by Crippen LogP contribution is -2.16. The van der Waals surface area contributed by atoms with Gasteiger partial charge in [0.05, 0.1) is 42.6 Å². The zero-order chi connectivity index (χ0) is 27.2. The zero-order valence-corrected chi connectivity index (χ0v) is 22.3. The standard InChI is InChI=1S/C31H26N6O3/c1-19-26-27(21-10-6-4-7-11-21)28-29-33-25(17-20-14-15-23(38-2)24(16-20)39-3)35-36(29)18-32-30(28)40-31(26)37(34-19)22-12-8-5-9-13-22/h4-16,18,27H,17H2,1-3H3. The number of rotatable bonds is 6. The van der Waals surface area contributed by atoms with Crippen molar-refractivity contribution in [3.63, 3.8) is 0 Å². The van der Waals surface area contributed by atoms with Crippen LogP contribution in [0, 0.1) is 6.92 Å². The van der Waals surface area contributed by atoms with Crippen molar-refractivity contribution in [3.05, 3.63) is 119 Å². The Bertz CT molecular complexity index is 1850. The average Bonchev–Trinajstić information content (AvgIpc) is 3.57. The Morgan fingerprint density at radius 3 is 2.35 bits per heavy atom. The molecule has 1 aliphatic rings. The molecule has 1 aliphatic heterocycles. The van der Waals surface area contributed by atoms with Crippen molar-refractivity contribution < 1.29 is 14.2 Å². The van der Waals surface area contributed by atoms with E-state index in [1.165, 1.54) is 0 Å². The molecule has 6 aromatic rings. The van der Waals surface area contributed by atoms with E-state index in [0.717, 1.165) is 33.6 Å². The van der Waals surface area contributed by atoms with Gasteiger partial charge in [-0.3, -0.25) is 0 Å². The number of para-hydroxylation sites is 1. The van der Waals surface area contributed by atoms with Gasteiger partial charge in [-0.05, 0) is 42.3 Å². The highest BCUT2D eigenvalue weighted by Crippen LogP contribution is 2.49. The number of hydrogen-bond acceptors (Lipinski definition) is 7. The summed E-state index contributed by atoms with van der Waals surface area (Å²) in [6.45, 7) is 2.02. The molecule has 0 N–H and O–H groups in total. The minimum absolute atomic E-state index is 0.188. The molecule has 0 spiro atoms. The lowest BCUT2D eigenvalue weighted by molar-refractivity contribution is 0.354. The first-order valence-electron chi connectivity index (χ1n) is 13.0. The number of nitrogens with zero attached hydrogens (tertiary/aromatic N) is 6. The number of ether oxygens (including phenoxy) is 3. The van der Waals surface area contributed by atoms with Crippen molar-refractivity contribution in [1.82, 2.24) is 29.4 Å². The van der Waals surface area contributed by atoms with E-state index in [1.807, 2.05) is 78.3 Å². The van der Waals surface area contributed by atoms with Crippen LogP contribution >= 0.6 is 0 Å². The van der Waals surface area contributed by atoms with Crippen LogP contribution in [0.2, 0.25) is 0 Å². The summed E-state index contributed by atoms with van der Waals surface area (Å²) in [6.07, 6.45) is 2.17. The summed E-state index contributed by atoms with van der Waals surface area (Å²) in [5.41, 5.74) is 6.46. The normalized spacial score (nSPS) is 13.9. The van der Waals surface area contributed by atoms with Crippen molar-refractivity contribution in [2.75, 3.05) is 14.2 Å². The molecular formula is C31H26N6O3. The van der Waals surface area contributed by atoms with Gasteiger partial charge in [0.1, 0.15) is 6.33 Å². The third-order valence-electron chi connectivity index (χ3n) is 7.21. The van der Waals surface area contributed by atoms with Crippen LogP contribution in [0.15, 0.2) is 85.2 Å². The number of hydrogen-bond donors (Lipinski definition) is 0. The summed E-state index contributed by atoms with van der Waals surface area (Å²) in [5.74, 6) is 2.97. The summed E-state index contributed by atoms with van der Waals surface area (Å²) >= 11 is 0. The second-order valence-electron chi connectivity index (χ2n) is 9.62. The van der Waals surface area contributed by atoms with Crippen molar-refractivity contribution >= 4 is 5.65 Å². The van der Waals surface area contributed by atoms with Gasteiger partial charge in [-0.25, -0.2) is 19.2 Å². The Labute approximate surface area is 230 Å². The summed E-state index contributed by atoms with van der Waals surface area (Å²) < 4.78 is 21.0. The fourth-order valence-corrected chi connectivity index (χ4v) is 5.39.